The molecule has 0 saturated carbocycles. The van der Waals surface area contributed by atoms with Crippen LogP contribution in [0.15, 0.2) is 6.20 Å². The van der Waals surface area contributed by atoms with E-state index in [-0.39, 0.29) is 0 Å². The monoisotopic (exact) mass is 338 g/mol. The molecule has 0 spiro atoms. The van der Waals surface area contributed by atoms with Crippen molar-refractivity contribution < 1.29 is 9.59 Å². The zero-order chi connectivity index (χ0) is 16.1. The molecule has 8 heteroatoms. The van der Waals surface area contributed by atoms with E-state index in [0.717, 1.165) is 22.0 Å². The molecule has 0 atom stereocenters. The van der Waals surface area contributed by atoms with Crippen molar-refractivity contribution in [2.45, 2.75) is 33.6 Å². The Morgan fingerprint density at radius 3 is 2.59 bits per heavy atom. The standard InChI is InChI=1S/C14H18N4O2S2/c1-4-10-9(3)22-11(17-10)5-6-15-12(19)13(20)18-14-16-7-8(2)21-14/h7H,4-6H2,1-3H3,(H,15,19)(H,16,18,20). The van der Waals surface area contributed by atoms with Gasteiger partial charge in [0.1, 0.15) is 0 Å². The van der Waals surface area contributed by atoms with Crippen LogP contribution < -0.4 is 10.6 Å². The SMILES string of the molecule is CCc1nc(CCNC(=O)C(=O)Nc2ncc(C)s2)sc1C. The van der Waals surface area contributed by atoms with Gasteiger partial charge in [0.2, 0.25) is 0 Å². The first kappa shape index (κ1) is 16.6. The lowest BCUT2D eigenvalue weighted by molar-refractivity contribution is -0.136. The third-order valence-electron chi connectivity index (χ3n) is 2.94. The molecule has 0 fully saturated rings. The van der Waals surface area contributed by atoms with E-state index in [0.29, 0.717) is 18.1 Å². The van der Waals surface area contributed by atoms with Gasteiger partial charge >= 0.3 is 11.8 Å². The van der Waals surface area contributed by atoms with Gasteiger partial charge in [0.15, 0.2) is 5.13 Å². The second-order valence-electron chi connectivity index (χ2n) is 4.70. The summed E-state index contributed by atoms with van der Waals surface area (Å²) in [4.78, 5) is 34.1. The minimum Gasteiger partial charge on any atom is -0.347 e. The fraction of sp³-hybridized carbons (Fsp3) is 0.429. The number of aromatic nitrogens is 2. The fourth-order valence-corrected chi connectivity index (χ4v) is 3.53. The van der Waals surface area contributed by atoms with Gasteiger partial charge in [0.25, 0.3) is 0 Å². The number of nitrogens with one attached hydrogen (secondary N) is 2. The average molecular weight is 338 g/mol. The molecule has 0 unspecified atom stereocenters. The maximum atomic E-state index is 11.7. The van der Waals surface area contributed by atoms with Gasteiger partial charge in [0.05, 0.1) is 10.7 Å². The minimum atomic E-state index is -0.695. The van der Waals surface area contributed by atoms with Crippen molar-refractivity contribution in [2.75, 3.05) is 11.9 Å². The van der Waals surface area contributed by atoms with Crippen LogP contribution >= 0.6 is 22.7 Å². The summed E-state index contributed by atoms with van der Waals surface area (Å²) in [6.07, 6.45) is 3.18. The summed E-state index contributed by atoms with van der Waals surface area (Å²) >= 11 is 2.96. The molecule has 0 aliphatic heterocycles. The highest BCUT2D eigenvalue weighted by Gasteiger charge is 2.15. The Morgan fingerprint density at radius 1 is 1.23 bits per heavy atom. The molecule has 2 N–H and O–H groups in total. The van der Waals surface area contributed by atoms with E-state index in [1.807, 2.05) is 13.8 Å². The van der Waals surface area contributed by atoms with E-state index in [9.17, 15) is 9.59 Å². The number of hydrogen-bond donors (Lipinski definition) is 2. The Morgan fingerprint density at radius 2 is 2.00 bits per heavy atom. The first-order chi connectivity index (χ1) is 10.5. The molecule has 2 aromatic rings. The summed E-state index contributed by atoms with van der Waals surface area (Å²) in [7, 11) is 0. The molecule has 2 heterocycles. The molecule has 0 aliphatic carbocycles. The van der Waals surface area contributed by atoms with E-state index in [4.69, 9.17) is 0 Å². The van der Waals surface area contributed by atoms with E-state index in [1.54, 1.807) is 17.5 Å². The van der Waals surface area contributed by atoms with Crippen molar-refractivity contribution in [3.8, 4) is 0 Å². The molecule has 22 heavy (non-hydrogen) atoms. The van der Waals surface area contributed by atoms with Crippen LogP contribution in [0.25, 0.3) is 0 Å². The number of nitrogens with zero attached hydrogens (tertiary/aromatic N) is 2. The number of thiazole rings is 2. The highest BCUT2D eigenvalue weighted by atomic mass is 32.1. The number of carbonyl (C=O) groups is 2. The van der Waals surface area contributed by atoms with Crippen LogP contribution in [0, 0.1) is 13.8 Å². The highest BCUT2D eigenvalue weighted by Crippen LogP contribution is 2.18. The van der Waals surface area contributed by atoms with E-state index >= 15 is 0 Å². The van der Waals surface area contributed by atoms with Gasteiger partial charge in [-0.2, -0.15) is 0 Å². The predicted molar refractivity (Wildman–Crippen MR) is 88.4 cm³/mol. The second kappa shape index (κ2) is 7.46. The Kier molecular flexibility index (Phi) is 5.62. The molecule has 0 saturated heterocycles. The molecule has 2 amide bonds. The lowest BCUT2D eigenvalue weighted by Gasteiger charge is -2.03. The fourth-order valence-electron chi connectivity index (χ4n) is 1.85. The van der Waals surface area contributed by atoms with Gasteiger partial charge in [0, 0.05) is 28.9 Å². The molecule has 118 valence electrons. The zero-order valence-electron chi connectivity index (χ0n) is 12.7. The Bertz CT molecular complexity index is 678. The van der Waals surface area contributed by atoms with E-state index in [2.05, 4.69) is 27.5 Å². The number of rotatable bonds is 5. The zero-order valence-corrected chi connectivity index (χ0v) is 14.4. The Hall–Kier alpha value is -1.80. The summed E-state index contributed by atoms with van der Waals surface area (Å²) in [6.45, 7) is 6.38. The first-order valence-electron chi connectivity index (χ1n) is 6.96. The van der Waals surface area contributed by atoms with Crippen molar-refractivity contribution in [3.05, 3.63) is 26.7 Å². The molecular formula is C14H18N4O2S2. The van der Waals surface area contributed by atoms with Gasteiger partial charge in [-0.3, -0.25) is 14.9 Å². The third-order valence-corrected chi connectivity index (χ3v) is 4.85. The summed E-state index contributed by atoms with van der Waals surface area (Å²) in [5.41, 5.74) is 1.10. The van der Waals surface area contributed by atoms with Gasteiger partial charge in [-0.05, 0) is 20.3 Å². The molecule has 0 aliphatic rings. The molecule has 0 bridgehead atoms. The number of aryl methyl sites for hydroxylation is 3. The molecule has 0 radical (unpaired) electrons. The Balaban J connectivity index is 1.78. The number of anilines is 1. The Labute approximate surface area is 137 Å². The molecule has 6 nitrogen and oxygen atoms in total. The number of amides is 2. The smallest absolute Gasteiger partial charge is 0.315 e. The molecule has 2 rings (SSSR count). The van der Waals surface area contributed by atoms with E-state index in [1.165, 1.54) is 16.2 Å². The highest BCUT2D eigenvalue weighted by molar-refractivity contribution is 7.15. The predicted octanol–water partition coefficient (Wildman–Crippen LogP) is 2.08. The first-order valence-corrected chi connectivity index (χ1v) is 8.59. The van der Waals surface area contributed by atoms with Crippen molar-refractivity contribution >= 4 is 39.6 Å². The summed E-state index contributed by atoms with van der Waals surface area (Å²) in [5.74, 6) is -1.35. The van der Waals surface area contributed by atoms with Crippen LogP contribution in [0.1, 0.15) is 27.4 Å². The second-order valence-corrected chi connectivity index (χ2v) is 7.22. The van der Waals surface area contributed by atoms with Gasteiger partial charge in [-0.15, -0.1) is 22.7 Å². The van der Waals surface area contributed by atoms with Crippen molar-refractivity contribution in [1.29, 1.82) is 0 Å². The van der Waals surface area contributed by atoms with Gasteiger partial charge in [-0.1, -0.05) is 6.92 Å². The van der Waals surface area contributed by atoms with Crippen LogP contribution in [0.2, 0.25) is 0 Å². The molecule has 2 aromatic heterocycles. The van der Waals surface area contributed by atoms with Crippen LogP contribution in [0.4, 0.5) is 5.13 Å². The van der Waals surface area contributed by atoms with E-state index < -0.39 is 11.8 Å². The van der Waals surface area contributed by atoms with Crippen LogP contribution in [-0.4, -0.2) is 28.3 Å². The number of hydrogen-bond acceptors (Lipinski definition) is 6. The normalized spacial score (nSPS) is 10.5. The molecule has 0 aromatic carbocycles. The minimum absolute atomic E-state index is 0.388. The lowest BCUT2D eigenvalue weighted by Crippen LogP contribution is -2.36. The van der Waals surface area contributed by atoms with Crippen molar-refractivity contribution in [1.82, 2.24) is 15.3 Å². The van der Waals surface area contributed by atoms with Gasteiger partial charge in [-0.25, -0.2) is 9.97 Å². The van der Waals surface area contributed by atoms with Crippen molar-refractivity contribution in [3.63, 3.8) is 0 Å². The average Bonchev–Trinajstić information content (AvgIpc) is 3.04. The number of carbonyl (C=O) groups excluding carboxylic acids is 2. The van der Waals surface area contributed by atoms with Crippen LogP contribution in [0.5, 0.6) is 0 Å². The summed E-state index contributed by atoms with van der Waals surface area (Å²) < 4.78 is 0. The lowest BCUT2D eigenvalue weighted by atomic mass is 10.3. The largest absolute Gasteiger partial charge is 0.347 e. The summed E-state index contributed by atoms with van der Waals surface area (Å²) in [5, 5.41) is 6.48. The third kappa shape index (κ3) is 4.35. The maximum absolute atomic E-state index is 11.7. The molecular weight excluding hydrogens is 320 g/mol. The maximum Gasteiger partial charge on any atom is 0.315 e. The topological polar surface area (TPSA) is 84.0 Å². The quantitative estimate of drug-likeness (QED) is 0.818. The van der Waals surface area contributed by atoms with Crippen LogP contribution in [-0.2, 0) is 22.4 Å². The van der Waals surface area contributed by atoms with Crippen molar-refractivity contribution in [2.24, 2.45) is 0 Å². The van der Waals surface area contributed by atoms with Gasteiger partial charge < -0.3 is 5.32 Å². The van der Waals surface area contributed by atoms with Crippen LogP contribution in [0.3, 0.4) is 0 Å². The summed E-state index contributed by atoms with van der Waals surface area (Å²) in [6, 6.07) is 0.